The molecule has 0 radical (unpaired) electrons. The molecule has 5 nitrogen and oxygen atoms in total. The van der Waals surface area contributed by atoms with Crippen LogP contribution < -0.4 is 15.5 Å². The third kappa shape index (κ3) is 2.88. The number of hydrogen-bond donors (Lipinski definition) is 2. The average molecular weight is 269 g/mol. The molecule has 0 spiro atoms. The van der Waals surface area contributed by atoms with Crippen molar-refractivity contribution < 1.29 is 0 Å². The Kier molecular flexibility index (Phi) is 3.78. The molecule has 2 heterocycles. The highest BCUT2D eigenvalue weighted by molar-refractivity contribution is 5.59. The SMILES string of the molecule is CNC1CCN(c2cc(Nc3ccccc3)ncn2)C1. The lowest BCUT2D eigenvalue weighted by Gasteiger charge is -2.17. The van der Waals surface area contributed by atoms with Crippen LogP contribution in [0.25, 0.3) is 0 Å². The largest absolute Gasteiger partial charge is 0.355 e. The summed E-state index contributed by atoms with van der Waals surface area (Å²) in [5.41, 5.74) is 1.03. The molecule has 1 aromatic heterocycles. The van der Waals surface area contributed by atoms with Gasteiger partial charge in [0.25, 0.3) is 0 Å². The third-order valence-corrected chi connectivity index (χ3v) is 3.62. The van der Waals surface area contributed by atoms with E-state index >= 15 is 0 Å². The fourth-order valence-corrected chi connectivity index (χ4v) is 2.46. The normalized spacial score (nSPS) is 18.2. The van der Waals surface area contributed by atoms with Gasteiger partial charge < -0.3 is 15.5 Å². The maximum absolute atomic E-state index is 4.38. The minimum Gasteiger partial charge on any atom is -0.355 e. The number of anilines is 3. The Hall–Kier alpha value is -2.14. The van der Waals surface area contributed by atoms with Crippen LogP contribution in [0.3, 0.4) is 0 Å². The van der Waals surface area contributed by atoms with E-state index in [-0.39, 0.29) is 0 Å². The van der Waals surface area contributed by atoms with Gasteiger partial charge in [-0.1, -0.05) is 18.2 Å². The van der Waals surface area contributed by atoms with Crippen molar-refractivity contribution in [1.29, 1.82) is 0 Å². The van der Waals surface area contributed by atoms with Crippen molar-refractivity contribution in [3.63, 3.8) is 0 Å². The summed E-state index contributed by atoms with van der Waals surface area (Å²) in [7, 11) is 2.01. The fraction of sp³-hybridized carbons (Fsp3) is 0.333. The molecule has 0 amide bonds. The van der Waals surface area contributed by atoms with Gasteiger partial charge in [0.1, 0.15) is 18.0 Å². The summed E-state index contributed by atoms with van der Waals surface area (Å²) in [5, 5.41) is 6.62. The third-order valence-electron chi connectivity index (χ3n) is 3.62. The fourth-order valence-electron chi connectivity index (χ4n) is 2.46. The first kappa shape index (κ1) is 12.9. The smallest absolute Gasteiger partial charge is 0.135 e. The van der Waals surface area contributed by atoms with E-state index in [1.807, 2.05) is 43.4 Å². The first-order valence-electron chi connectivity index (χ1n) is 6.91. The zero-order valence-electron chi connectivity index (χ0n) is 11.6. The van der Waals surface area contributed by atoms with Gasteiger partial charge >= 0.3 is 0 Å². The van der Waals surface area contributed by atoms with E-state index in [2.05, 4.69) is 25.5 Å². The molecule has 1 aliphatic rings. The van der Waals surface area contributed by atoms with Crippen LogP contribution in [0.5, 0.6) is 0 Å². The number of likely N-dealkylation sites (N-methyl/N-ethyl adjacent to an activating group) is 1. The van der Waals surface area contributed by atoms with Crippen molar-refractivity contribution in [3.8, 4) is 0 Å². The summed E-state index contributed by atoms with van der Waals surface area (Å²) in [4.78, 5) is 11.0. The minimum absolute atomic E-state index is 0.551. The van der Waals surface area contributed by atoms with Crippen molar-refractivity contribution in [2.24, 2.45) is 0 Å². The van der Waals surface area contributed by atoms with Crippen LogP contribution in [0.4, 0.5) is 17.3 Å². The summed E-state index contributed by atoms with van der Waals surface area (Å²) in [6.07, 6.45) is 2.77. The van der Waals surface area contributed by atoms with Gasteiger partial charge in [0.2, 0.25) is 0 Å². The van der Waals surface area contributed by atoms with E-state index < -0.39 is 0 Å². The molecule has 1 unspecified atom stereocenters. The number of hydrogen-bond acceptors (Lipinski definition) is 5. The number of aromatic nitrogens is 2. The van der Waals surface area contributed by atoms with Crippen molar-refractivity contribution in [1.82, 2.24) is 15.3 Å². The van der Waals surface area contributed by atoms with Gasteiger partial charge in [0.15, 0.2) is 0 Å². The van der Waals surface area contributed by atoms with Gasteiger partial charge in [-0.3, -0.25) is 0 Å². The van der Waals surface area contributed by atoms with E-state index in [4.69, 9.17) is 0 Å². The summed E-state index contributed by atoms with van der Waals surface area (Å²) in [5.74, 6) is 1.81. The monoisotopic (exact) mass is 269 g/mol. The second-order valence-corrected chi connectivity index (χ2v) is 4.97. The van der Waals surface area contributed by atoms with Crippen molar-refractivity contribution in [2.45, 2.75) is 12.5 Å². The lowest BCUT2D eigenvalue weighted by molar-refractivity contribution is 0.616. The quantitative estimate of drug-likeness (QED) is 0.889. The summed E-state index contributed by atoms with van der Waals surface area (Å²) in [6, 6.07) is 12.6. The molecule has 3 rings (SSSR count). The number of benzene rings is 1. The first-order chi connectivity index (χ1) is 9.85. The lowest BCUT2D eigenvalue weighted by Crippen LogP contribution is -2.29. The van der Waals surface area contributed by atoms with Crippen LogP contribution >= 0.6 is 0 Å². The van der Waals surface area contributed by atoms with Crippen LogP contribution in [0.2, 0.25) is 0 Å². The molecule has 1 aromatic carbocycles. The Balaban J connectivity index is 1.73. The Morgan fingerprint density at radius 2 is 2.05 bits per heavy atom. The predicted octanol–water partition coefficient (Wildman–Crippen LogP) is 2.02. The molecule has 2 N–H and O–H groups in total. The Labute approximate surface area is 119 Å². The van der Waals surface area contributed by atoms with E-state index in [9.17, 15) is 0 Å². The summed E-state index contributed by atoms with van der Waals surface area (Å²) >= 11 is 0. The molecule has 0 aliphatic carbocycles. The molecular formula is C15H19N5. The number of para-hydroxylation sites is 1. The molecule has 0 saturated carbocycles. The average Bonchev–Trinajstić information content (AvgIpc) is 2.98. The predicted molar refractivity (Wildman–Crippen MR) is 81.4 cm³/mol. The Bertz CT molecular complexity index is 557. The summed E-state index contributed by atoms with van der Waals surface area (Å²) in [6.45, 7) is 2.03. The van der Waals surface area contributed by atoms with E-state index in [0.29, 0.717) is 6.04 Å². The van der Waals surface area contributed by atoms with Crippen LogP contribution in [0, 0.1) is 0 Å². The second-order valence-electron chi connectivity index (χ2n) is 4.97. The highest BCUT2D eigenvalue weighted by Crippen LogP contribution is 2.21. The van der Waals surface area contributed by atoms with Crippen molar-refractivity contribution in [2.75, 3.05) is 30.4 Å². The van der Waals surface area contributed by atoms with Gasteiger partial charge in [-0.25, -0.2) is 9.97 Å². The van der Waals surface area contributed by atoms with Crippen LogP contribution in [-0.2, 0) is 0 Å². The lowest BCUT2D eigenvalue weighted by atomic mass is 10.3. The maximum atomic E-state index is 4.38. The molecular weight excluding hydrogens is 250 g/mol. The standard InChI is InChI=1S/C15H19N5/c1-16-13-7-8-20(10-13)15-9-14(17-11-18-15)19-12-5-3-2-4-6-12/h2-6,9,11,13,16H,7-8,10H2,1H3,(H,17,18,19). The number of rotatable bonds is 4. The van der Waals surface area contributed by atoms with Crippen LogP contribution in [0.15, 0.2) is 42.7 Å². The van der Waals surface area contributed by atoms with Gasteiger partial charge in [0, 0.05) is 30.9 Å². The first-order valence-corrected chi connectivity index (χ1v) is 6.91. The highest BCUT2D eigenvalue weighted by Gasteiger charge is 2.22. The van der Waals surface area contributed by atoms with Crippen molar-refractivity contribution >= 4 is 17.3 Å². The zero-order chi connectivity index (χ0) is 13.8. The molecule has 20 heavy (non-hydrogen) atoms. The number of nitrogens with one attached hydrogen (secondary N) is 2. The Morgan fingerprint density at radius 1 is 1.20 bits per heavy atom. The van der Waals surface area contributed by atoms with Gasteiger partial charge in [-0.2, -0.15) is 0 Å². The molecule has 1 fully saturated rings. The minimum atomic E-state index is 0.551. The maximum Gasteiger partial charge on any atom is 0.135 e. The van der Waals surface area contributed by atoms with E-state index in [1.165, 1.54) is 0 Å². The topological polar surface area (TPSA) is 53.1 Å². The molecule has 2 aromatic rings. The zero-order valence-corrected chi connectivity index (χ0v) is 11.6. The van der Waals surface area contributed by atoms with Gasteiger partial charge in [-0.15, -0.1) is 0 Å². The molecule has 5 heteroatoms. The number of nitrogens with zero attached hydrogens (tertiary/aromatic N) is 3. The highest BCUT2D eigenvalue weighted by atomic mass is 15.2. The van der Waals surface area contributed by atoms with Crippen molar-refractivity contribution in [3.05, 3.63) is 42.7 Å². The molecule has 1 atom stereocenters. The molecule has 104 valence electrons. The van der Waals surface area contributed by atoms with E-state index in [0.717, 1.165) is 36.8 Å². The second kappa shape index (κ2) is 5.88. The Morgan fingerprint density at radius 3 is 2.80 bits per heavy atom. The van der Waals surface area contributed by atoms with Gasteiger partial charge in [-0.05, 0) is 25.6 Å². The molecule has 1 aliphatic heterocycles. The molecule has 0 bridgehead atoms. The van der Waals surface area contributed by atoms with Gasteiger partial charge in [0.05, 0.1) is 0 Å². The van der Waals surface area contributed by atoms with Crippen LogP contribution in [0.1, 0.15) is 6.42 Å². The van der Waals surface area contributed by atoms with Crippen LogP contribution in [-0.4, -0.2) is 36.1 Å². The van der Waals surface area contributed by atoms with E-state index in [1.54, 1.807) is 6.33 Å². The molecule has 1 saturated heterocycles. The summed E-state index contributed by atoms with van der Waals surface area (Å²) < 4.78 is 0.